The van der Waals surface area contributed by atoms with Crippen molar-refractivity contribution in [1.82, 2.24) is 4.90 Å². The van der Waals surface area contributed by atoms with E-state index in [2.05, 4.69) is 0 Å². The number of benzene rings is 2. The second kappa shape index (κ2) is 8.97. The van der Waals surface area contributed by atoms with Crippen molar-refractivity contribution in [2.45, 2.75) is 19.0 Å². The molecule has 29 heavy (non-hydrogen) atoms. The second-order valence-corrected chi connectivity index (χ2v) is 9.06. The number of ether oxygens (including phenoxy) is 2. The number of sulfone groups is 1. The topological polar surface area (TPSA) is 96.7 Å². The molecule has 0 radical (unpaired) electrons. The number of nitriles is 1. The van der Waals surface area contributed by atoms with Crippen LogP contribution in [-0.4, -0.2) is 50.5 Å². The Morgan fingerprint density at radius 2 is 1.97 bits per heavy atom. The monoisotopic (exact) mass is 414 g/mol. The van der Waals surface area contributed by atoms with Crippen LogP contribution < -0.4 is 9.47 Å². The second-order valence-electron chi connectivity index (χ2n) is 6.83. The van der Waals surface area contributed by atoms with E-state index in [9.17, 15) is 13.2 Å². The smallest absolute Gasteiger partial charge is 0.261 e. The highest BCUT2D eigenvalue weighted by atomic mass is 32.2. The maximum Gasteiger partial charge on any atom is 0.261 e. The summed E-state index contributed by atoms with van der Waals surface area (Å²) in [6.07, 6.45) is 0.418. The summed E-state index contributed by atoms with van der Waals surface area (Å²) >= 11 is 0. The summed E-state index contributed by atoms with van der Waals surface area (Å²) in [5.74, 6) is 0.447. The van der Waals surface area contributed by atoms with Gasteiger partial charge in [0, 0.05) is 18.7 Å². The molecule has 1 heterocycles. The highest BCUT2D eigenvalue weighted by Crippen LogP contribution is 2.28. The van der Waals surface area contributed by atoms with Crippen molar-refractivity contribution >= 4 is 15.7 Å². The zero-order valence-electron chi connectivity index (χ0n) is 16.1. The average Bonchev–Trinajstić information content (AvgIpc) is 3.10. The summed E-state index contributed by atoms with van der Waals surface area (Å²) in [4.78, 5) is 14.5. The predicted octanol–water partition coefficient (Wildman–Crippen LogP) is 2.16. The molecule has 8 heteroatoms. The number of methoxy groups -OCH3 is 1. The number of carbonyl (C=O) groups is 1. The molecule has 0 spiro atoms. The van der Waals surface area contributed by atoms with Gasteiger partial charge < -0.3 is 14.4 Å². The maximum absolute atomic E-state index is 13.0. The normalized spacial score (nSPS) is 17.3. The molecule has 7 nitrogen and oxygen atoms in total. The van der Waals surface area contributed by atoms with E-state index in [4.69, 9.17) is 14.7 Å². The molecule has 1 fully saturated rings. The lowest BCUT2D eigenvalue weighted by atomic mass is 10.1. The SMILES string of the molecule is COc1cc(C#N)ccc1OCC(=O)N(Cc1ccccc1)[C@H]1CCS(=O)(=O)C1. The third-order valence-corrected chi connectivity index (χ3v) is 6.56. The minimum Gasteiger partial charge on any atom is -0.493 e. The van der Waals surface area contributed by atoms with Crippen molar-refractivity contribution in [1.29, 1.82) is 5.26 Å². The largest absolute Gasteiger partial charge is 0.493 e. The first-order valence-corrected chi connectivity index (χ1v) is 11.0. The molecule has 0 saturated carbocycles. The standard InChI is InChI=1S/C21H22N2O5S/c1-27-20-11-17(12-22)7-8-19(20)28-14-21(24)23(13-16-5-3-2-4-6-16)18-9-10-29(25,26)15-18/h2-8,11,18H,9-10,13-15H2,1H3/t18-/m0/s1. The Morgan fingerprint density at radius 1 is 1.21 bits per heavy atom. The highest BCUT2D eigenvalue weighted by Gasteiger charge is 2.34. The van der Waals surface area contributed by atoms with Crippen LogP contribution in [-0.2, 0) is 21.2 Å². The number of rotatable bonds is 7. The van der Waals surface area contributed by atoms with Crippen LogP contribution in [0.4, 0.5) is 0 Å². The minimum atomic E-state index is -3.14. The molecule has 3 rings (SSSR count). The molecule has 0 aliphatic carbocycles. The van der Waals surface area contributed by atoms with E-state index in [1.54, 1.807) is 17.0 Å². The summed E-state index contributed by atoms with van der Waals surface area (Å²) in [7, 11) is -1.68. The molecule has 1 amide bonds. The number of nitrogens with zero attached hydrogens (tertiary/aromatic N) is 2. The first kappa shape index (κ1) is 20.7. The fourth-order valence-corrected chi connectivity index (χ4v) is 5.03. The molecule has 0 unspecified atom stereocenters. The van der Waals surface area contributed by atoms with Crippen LogP contribution in [0.25, 0.3) is 0 Å². The van der Waals surface area contributed by atoms with Gasteiger partial charge in [-0.15, -0.1) is 0 Å². The molecule has 1 atom stereocenters. The van der Waals surface area contributed by atoms with Crippen LogP contribution in [0.2, 0.25) is 0 Å². The van der Waals surface area contributed by atoms with E-state index in [1.807, 2.05) is 36.4 Å². The van der Waals surface area contributed by atoms with Crippen LogP contribution in [0.3, 0.4) is 0 Å². The summed E-state index contributed by atoms with van der Waals surface area (Å²) in [6, 6.07) is 15.8. The Balaban J connectivity index is 1.75. The van der Waals surface area contributed by atoms with Crippen LogP contribution in [0, 0.1) is 11.3 Å². The highest BCUT2D eigenvalue weighted by molar-refractivity contribution is 7.91. The van der Waals surface area contributed by atoms with Gasteiger partial charge in [-0.25, -0.2) is 8.42 Å². The third kappa shape index (κ3) is 5.27. The summed E-state index contributed by atoms with van der Waals surface area (Å²) < 4.78 is 34.7. The van der Waals surface area contributed by atoms with Crippen molar-refractivity contribution in [3.8, 4) is 17.6 Å². The van der Waals surface area contributed by atoms with E-state index < -0.39 is 9.84 Å². The molecule has 2 aromatic carbocycles. The Labute approximate surface area is 170 Å². The van der Waals surface area contributed by atoms with Crippen LogP contribution in [0.1, 0.15) is 17.5 Å². The van der Waals surface area contributed by atoms with Gasteiger partial charge in [-0.2, -0.15) is 5.26 Å². The molecule has 0 aromatic heterocycles. The quantitative estimate of drug-likeness (QED) is 0.689. The van der Waals surface area contributed by atoms with E-state index in [0.717, 1.165) is 5.56 Å². The molecule has 1 aliphatic rings. The zero-order valence-corrected chi connectivity index (χ0v) is 16.9. The van der Waals surface area contributed by atoms with Gasteiger partial charge in [-0.05, 0) is 24.1 Å². The Bertz CT molecular complexity index is 1020. The van der Waals surface area contributed by atoms with Crippen LogP contribution in [0.15, 0.2) is 48.5 Å². The first-order chi connectivity index (χ1) is 13.9. The molecular formula is C21H22N2O5S. The summed E-state index contributed by atoms with van der Waals surface area (Å²) in [6.45, 7) is 0.0549. The third-order valence-electron chi connectivity index (χ3n) is 4.81. The number of hydrogen-bond donors (Lipinski definition) is 0. The maximum atomic E-state index is 13.0. The number of carbonyl (C=O) groups excluding carboxylic acids is 1. The van der Waals surface area contributed by atoms with Gasteiger partial charge in [0.25, 0.3) is 5.91 Å². The average molecular weight is 414 g/mol. The molecule has 0 bridgehead atoms. The Kier molecular flexibility index (Phi) is 6.39. The van der Waals surface area contributed by atoms with Gasteiger partial charge in [0.2, 0.25) is 0 Å². The Hall–Kier alpha value is -3.05. The lowest BCUT2D eigenvalue weighted by Gasteiger charge is -2.28. The summed E-state index contributed by atoms with van der Waals surface area (Å²) in [5, 5.41) is 8.99. The van der Waals surface area contributed by atoms with Gasteiger partial charge in [0.05, 0.1) is 30.2 Å². The fourth-order valence-electron chi connectivity index (χ4n) is 3.30. The van der Waals surface area contributed by atoms with Crippen LogP contribution >= 0.6 is 0 Å². The minimum absolute atomic E-state index is 0.0360. The van der Waals surface area contributed by atoms with Crippen molar-refractivity contribution in [2.24, 2.45) is 0 Å². The molecule has 0 N–H and O–H groups in total. The molecule has 1 saturated heterocycles. The van der Waals surface area contributed by atoms with Crippen molar-refractivity contribution in [3.63, 3.8) is 0 Å². The lowest BCUT2D eigenvalue weighted by Crippen LogP contribution is -2.43. The lowest BCUT2D eigenvalue weighted by molar-refractivity contribution is -0.136. The zero-order chi connectivity index (χ0) is 20.9. The van der Waals surface area contributed by atoms with Gasteiger partial charge in [-0.3, -0.25) is 4.79 Å². The van der Waals surface area contributed by atoms with Crippen molar-refractivity contribution < 1.29 is 22.7 Å². The summed E-state index contributed by atoms with van der Waals surface area (Å²) in [5.41, 5.74) is 1.34. The van der Waals surface area contributed by atoms with Crippen molar-refractivity contribution in [2.75, 3.05) is 25.2 Å². The Morgan fingerprint density at radius 3 is 2.59 bits per heavy atom. The van der Waals surface area contributed by atoms with E-state index in [-0.39, 0.29) is 30.1 Å². The molecular weight excluding hydrogens is 392 g/mol. The molecule has 152 valence electrons. The van der Waals surface area contributed by atoms with E-state index in [1.165, 1.54) is 13.2 Å². The fraction of sp³-hybridized carbons (Fsp3) is 0.333. The number of amides is 1. The van der Waals surface area contributed by atoms with Crippen LogP contribution in [0.5, 0.6) is 11.5 Å². The van der Waals surface area contributed by atoms with Gasteiger partial charge in [-0.1, -0.05) is 30.3 Å². The molecule has 1 aliphatic heterocycles. The van der Waals surface area contributed by atoms with Crippen molar-refractivity contribution in [3.05, 3.63) is 59.7 Å². The van der Waals surface area contributed by atoms with Gasteiger partial charge in [0.1, 0.15) is 0 Å². The number of hydrogen-bond acceptors (Lipinski definition) is 6. The van der Waals surface area contributed by atoms with Gasteiger partial charge in [0.15, 0.2) is 27.9 Å². The molecule has 2 aromatic rings. The first-order valence-electron chi connectivity index (χ1n) is 9.16. The van der Waals surface area contributed by atoms with E-state index in [0.29, 0.717) is 30.0 Å². The van der Waals surface area contributed by atoms with E-state index >= 15 is 0 Å². The van der Waals surface area contributed by atoms with Gasteiger partial charge >= 0.3 is 0 Å². The predicted molar refractivity (Wildman–Crippen MR) is 107 cm³/mol.